The number of carbonyl (C=O) groups is 1. The first-order valence-electron chi connectivity index (χ1n) is 13.8. The summed E-state index contributed by atoms with van der Waals surface area (Å²) in [5, 5.41) is 10.8. The van der Waals surface area contributed by atoms with Crippen molar-refractivity contribution in [1.82, 2.24) is 0 Å². The lowest BCUT2D eigenvalue weighted by Gasteiger charge is -2.29. The molecule has 6 rings (SSSR count). The fourth-order valence-electron chi connectivity index (χ4n) is 5.81. The fourth-order valence-corrected chi connectivity index (χ4v) is 5.81. The van der Waals surface area contributed by atoms with Gasteiger partial charge in [-0.3, -0.25) is 4.79 Å². The van der Waals surface area contributed by atoms with Crippen LogP contribution in [0.15, 0.2) is 103 Å². The second kappa shape index (κ2) is 13.1. The third-order valence-corrected chi connectivity index (χ3v) is 7.67. The SMILES string of the molecule is CC(=O)Cl.CC=C1c2ccccc2CCc2ccccc21.CCC1(O)c2ccccc2CCc2ccccc21. The van der Waals surface area contributed by atoms with E-state index in [0.717, 1.165) is 36.8 Å². The Morgan fingerprint density at radius 1 is 0.718 bits per heavy atom. The first-order chi connectivity index (χ1) is 18.9. The first kappa shape index (κ1) is 28.5. The third kappa shape index (κ3) is 6.41. The second-order valence-electron chi connectivity index (χ2n) is 10.0. The van der Waals surface area contributed by atoms with Gasteiger partial charge in [0.2, 0.25) is 5.24 Å². The molecule has 0 aliphatic heterocycles. The molecule has 0 bridgehead atoms. The van der Waals surface area contributed by atoms with Crippen molar-refractivity contribution in [2.24, 2.45) is 0 Å². The van der Waals surface area contributed by atoms with Gasteiger partial charge in [-0.05, 0) is 101 Å². The predicted molar refractivity (Wildman–Crippen MR) is 163 cm³/mol. The van der Waals surface area contributed by atoms with E-state index in [9.17, 15) is 9.90 Å². The molecule has 0 fully saturated rings. The summed E-state index contributed by atoms with van der Waals surface area (Å²) in [6.07, 6.45) is 7.25. The minimum atomic E-state index is -0.830. The summed E-state index contributed by atoms with van der Waals surface area (Å²) >= 11 is 4.64. The van der Waals surface area contributed by atoms with Crippen LogP contribution in [0, 0.1) is 0 Å². The van der Waals surface area contributed by atoms with E-state index in [2.05, 4.69) is 116 Å². The van der Waals surface area contributed by atoms with Crippen LogP contribution >= 0.6 is 11.6 Å². The number of allylic oxidation sites excluding steroid dienone is 1. The minimum Gasteiger partial charge on any atom is -0.380 e. The van der Waals surface area contributed by atoms with Gasteiger partial charge < -0.3 is 5.11 Å². The first-order valence-corrected chi connectivity index (χ1v) is 14.1. The molecule has 0 saturated heterocycles. The van der Waals surface area contributed by atoms with Crippen molar-refractivity contribution in [2.75, 3.05) is 0 Å². The molecule has 0 unspecified atom stereocenters. The van der Waals surface area contributed by atoms with Gasteiger partial charge in [0.15, 0.2) is 0 Å². The Morgan fingerprint density at radius 3 is 1.44 bits per heavy atom. The van der Waals surface area contributed by atoms with Crippen LogP contribution in [0.4, 0.5) is 0 Å². The number of hydrogen-bond acceptors (Lipinski definition) is 2. The zero-order valence-corrected chi connectivity index (χ0v) is 23.8. The zero-order valence-electron chi connectivity index (χ0n) is 23.1. The quantitative estimate of drug-likeness (QED) is 0.248. The van der Waals surface area contributed by atoms with Crippen LogP contribution < -0.4 is 0 Å². The standard InChI is InChI=1S/C17H18O.C17H16.C2H3ClO/c1-2-17(18)15-9-5-3-7-13(15)11-12-14-8-4-6-10-16(14)17;1-2-15-16-9-5-3-7-13(16)11-12-14-8-4-6-10-17(14)15;1-2(3)4/h3-10,18H,2,11-12H2,1H3;2-10H,11-12H2,1H3;1H3. The number of benzene rings is 4. The number of rotatable bonds is 1. The van der Waals surface area contributed by atoms with Crippen molar-refractivity contribution >= 4 is 22.4 Å². The molecule has 0 atom stereocenters. The minimum absolute atomic E-state index is 0.361. The molecule has 2 nitrogen and oxygen atoms in total. The Hall–Kier alpha value is -3.46. The Morgan fingerprint density at radius 2 is 1.05 bits per heavy atom. The van der Waals surface area contributed by atoms with E-state index in [1.807, 2.05) is 12.1 Å². The predicted octanol–water partition coefficient (Wildman–Crippen LogP) is 8.44. The van der Waals surface area contributed by atoms with Gasteiger partial charge in [-0.15, -0.1) is 0 Å². The van der Waals surface area contributed by atoms with E-state index in [4.69, 9.17) is 0 Å². The Balaban J connectivity index is 0.000000160. The van der Waals surface area contributed by atoms with Crippen molar-refractivity contribution in [3.63, 3.8) is 0 Å². The van der Waals surface area contributed by atoms with Gasteiger partial charge in [-0.2, -0.15) is 0 Å². The normalized spacial score (nSPS) is 14.2. The van der Waals surface area contributed by atoms with E-state index in [0.29, 0.717) is 6.42 Å². The van der Waals surface area contributed by atoms with Crippen LogP contribution in [0.3, 0.4) is 0 Å². The number of aryl methyl sites for hydroxylation is 4. The molecule has 1 N–H and O–H groups in total. The van der Waals surface area contributed by atoms with Gasteiger partial charge >= 0.3 is 0 Å². The van der Waals surface area contributed by atoms with Crippen LogP contribution in [0.2, 0.25) is 0 Å². The average Bonchev–Trinajstić information content (AvgIpc) is 3.20. The van der Waals surface area contributed by atoms with Crippen molar-refractivity contribution in [1.29, 1.82) is 0 Å². The highest BCUT2D eigenvalue weighted by Crippen LogP contribution is 2.39. The molecule has 2 aliphatic rings. The molecule has 39 heavy (non-hydrogen) atoms. The molecule has 4 aromatic carbocycles. The molecule has 0 spiro atoms. The Labute approximate surface area is 238 Å². The summed E-state index contributed by atoms with van der Waals surface area (Å²) in [5.41, 5.74) is 11.0. The summed E-state index contributed by atoms with van der Waals surface area (Å²) in [5.74, 6) is 0. The molecule has 3 heteroatoms. The van der Waals surface area contributed by atoms with Crippen LogP contribution in [0.5, 0.6) is 0 Å². The molecule has 0 radical (unpaired) electrons. The van der Waals surface area contributed by atoms with Gasteiger partial charge in [0.1, 0.15) is 5.60 Å². The van der Waals surface area contributed by atoms with E-state index in [-0.39, 0.29) is 5.24 Å². The van der Waals surface area contributed by atoms with Gasteiger partial charge in [-0.25, -0.2) is 0 Å². The molecule has 0 amide bonds. The number of halogens is 1. The van der Waals surface area contributed by atoms with Crippen LogP contribution in [-0.4, -0.2) is 10.3 Å². The average molecular weight is 537 g/mol. The number of fused-ring (bicyclic) bond motifs is 4. The van der Waals surface area contributed by atoms with Crippen molar-refractivity contribution < 1.29 is 9.90 Å². The van der Waals surface area contributed by atoms with Crippen molar-refractivity contribution in [2.45, 2.75) is 58.5 Å². The highest BCUT2D eigenvalue weighted by Gasteiger charge is 2.35. The summed E-state index contributed by atoms with van der Waals surface area (Å²) in [7, 11) is 0. The molecule has 0 aromatic heterocycles. The van der Waals surface area contributed by atoms with Crippen LogP contribution in [-0.2, 0) is 36.1 Å². The zero-order chi connectivity index (χ0) is 27.8. The van der Waals surface area contributed by atoms with Gasteiger partial charge in [-0.1, -0.05) is 110 Å². The monoisotopic (exact) mass is 536 g/mol. The summed E-state index contributed by atoms with van der Waals surface area (Å²) in [6.45, 7) is 5.48. The summed E-state index contributed by atoms with van der Waals surface area (Å²) < 4.78 is 0. The van der Waals surface area contributed by atoms with E-state index >= 15 is 0 Å². The fraction of sp³-hybridized carbons (Fsp3) is 0.250. The third-order valence-electron chi connectivity index (χ3n) is 7.67. The Kier molecular flexibility index (Phi) is 9.56. The highest BCUT2D eigenvalue weighted by molar-refractivity contribution is 6.62. The molecule has 2 aliphatic carbocycles. The maximum Gasteiger partial charge on any atom is 0.218 e. The summed E-state index contributed by atoms with van der Waals surface area (Å²) in [4.78, 5) is 9.21. The molecular weight excluding hydrogens is 500 g/mol. The lowest BCUT2D eigenvalue weighted by atomic mass is 9.81. The highest BCUT2D eigenvalue weighted by atomic mass is 35.5. The van der Waals surface area contributed by atoms with Crippen LogP contribution in [0.25, 0.3) is 5.57 Å². The lowest BCUT2D eigenvalue weighted by Crippen LogP contribution is -2.27. The smallest absolute Gasteiger partial charge is 0.218 e. The molecule has 4 aromatic rings. The summed E-state index contributed by atoms with van der Waals surface area (Å²) in [6, 6.07) is 34.1. The molecule has 200 valence electrons. The molecule has 0 saturated carbocycles. The maximum atomic E-state index is 11.2. The molecule has 0 heterocycles. The largest absolute Gasteiger partial charge is 0.380 e. The van der Waals surface area contributed by atoms with Crippen LogP contribution in [0.1, 0.15) is 71.7 Å². The number of aliphatic hydroxyl groups is 1. The maximum absolute atomic E-state index is 11.2. The lowest BCUT2D eigenvalue weighted by molar-refractivity contribution is -0.109. The van der Waals surface area contributed by atoms with Gasteiger partial charge in [0, 0.05) is 6.92 Å². The van der Waals surface area contributed by atoms with E-state index < -0.39 is 5.60 Å². The topological polar surface area (TPSA) is 37.3 Å². The van der Waals surface area contributed by atoms with Crippen molar-refractivity contribution in [3.05, 3.63) is 148 Å². The van der Waals surface area contributed by atoms with E-state index in [1.54, 1.807) is 0 Å². The number of hydrogen-bond donors (Lipinski definition) is 1. The van der Waals surface area contributed by atoms with Gasteiger partial charge in [0.25, 0.3) is 0 Å². The second-order valence-corrected chi connectivity index (χ2v) is 10.5. The van der Waals surface area contributed by atoms with Crippen molar-refractivity contribution in [3.8, 4) is 0 Å². The number of carbonyl (C=O) groups excluding carboxylic acids is 1. The Bertz CT molecular complexity index is 1370. The van der Waals surface area contributed by atoms with E-state index in [1.165, 1.54) is 45.9 Å². The van der Waals surface area contributed by atoms with Gasteiger partial charge in [0.05, 0.1) is 0 Å². The molecular formula is C36H37ClO2.